The molecule has 5 heteroatoms. The number of benzene rings is 1. The molecule has 0 bridgehead atoms. The van der Waals surface area contributed by atoms with E-state index in [0.717, 1.165) is 38.7 Å². The van der Waals surface area contributed by atoms with E-state index >= 15 is 0 Å². The largest absolute Gasteiger partial charge is 0.357 e. The first-order chi connectivity index (χ1) is 13.7. The van der Waals surface area contributed by atoms with E-state index in [0.29, 0.717) is 18.0 Å². The van der Waals surface area contributed by atoms with Crippen LogP contribution in [0.1, 0.15) is 45.6 Å². The Morgan fingerprint density at radius 2 is 1.96 bits per heavy atom. The molecule has 2 saturated heterocycles. The summed E-state index contributed by atoms with van der Waals surface area (Å²) in [5.74, 6) is 1.72. The molecule has 2 aliphatic rings. The van der Waals surface area contributed by atoms with Gasteiger partial charge in [0.2, 0.25) is 0 Å². The molecule has 5 nitrogen and oxygen atoms in total. The van der Waals surface area contributed by atoms with Gasteiger partial charge in [-0.1, -0.05) is 37.3 Å². The number of aliphatic imine (C=N–C) groups is 1. The minimum Gasteiger partial charge on any atom is -0.357 e. The Hall–Kier alpha value is -1.59. The molecule has 3 unspecified atom stereocenters. The third kappa shape index (κ3) is 6.21. The predicted octanol–water partition coefficient (Wildman–Crippen LogP) is 2.94. The molecule has 2 N–H and O–H groups in total. The standard InChI is InChI=1S/C23H39N5/c1-4-24-23(25-16-21-11-13-27(5-2)17-21)26-22-12-14-28(19(3)15-22)18-20-9-7-6-8-10-20/h6-10,19,21-22H,4-5,11-18H2,1-3H3,(H2,24,25,26). The molecule has 0 aromatic heterocycles. The van der Waals surface area contributed by atoms with Gasteiger partial charge >= 0.3 is 0 Å². The molecule has 1 aromatic carbocycles. The van der Waals surface area contributed by atoms with Crippen molar-refractivity contribution < 1.29 is 0 Å². The van der Waals surface area contributed by atoms with Crippen LogP contribution in [0.15, 0.2) is 35.3 Å². The number of guanidine groups is 1. The van der Waals surface area contributed by atoms with E-state index < -0.39 is 0 Å². The van der Waals surface area contributed by atoms with Gasteiger partial charge < -0.3 is 15.5 Å². The number of likely N-dealkylation sites (tertiary alicyclic amines) is 2. The van der Waals surface area contributed by atoms with Crippen LogP contribution in [0.2, 0.25) is 0 Å². The normalized spacial score (nSPS) is 27.1. The number of hydrogen-bond donors (Lipinski definition) is 2. The number of nitrogens with zero attached hydrogens (tertiary/aromatic N) is 3. The highest BCUT2D eigenvalue weighted by Gasteiger charge is 2.26. The summed E-state index contributed by atoms with van der Waals surface area (Å²) in [5.41, 5.74) is 1.41. The van der Waals surface area contributed by atoms with E-state index in [4.69, 9.17) is 4.99 Å². The van der Waals surface area contributed by atoms with Crippen LogP contribution >= 0.6 is 0 Å². The second-order valence-electron chi connectivity index (χ2n) is 8.44. The highest BCUT2D eigenvalue weighted by atomic mass is 15.2. The molecule has 3 rings (SSSR count). The molecular weight excluding hydrogens is 346 g/mol. The zero-order valence-electron chi connectivity index (χ0n) is 18.0. The van der Waals surface area contributed by atoms with Gasteiger partial charge in [-0.2, -0.15) is 0 Å². The molecule has 0 aliphatic carbocycles. The maximum absolute atomic E-state index is 4.92. The van der Waals surface area contributed by atoms with E-state index in [1.807, 2.05) is 0 Å². The summed E-state index contributed by atoms with van der Waals surface area (Å²) in [6.07, 6.45) is 3.63. The van der Waals surface area contributed by atoms with Crippen LogP contribution < -0.4 is 10.6 Å². The van der Waals surface area contributed by atoms with Gasteiger partial charge in [0.1, 0.15) is 0 Å². The Kier molecular flexibility index (Phi) is 8.16. The van der Waals surface area contributed by atoms with Gasteiger partial charge in [0, 0.05) is 44.8 Å². The lowest BCUT2D eigenvalue weighted by atomic mass is 9.97. The van der Waals surface area contributed by atoms with Crippen molar-refractivity contribution in [1.29, 1.82) is 0 Å². The Morgan fingerprint density at radius 3 is 2.64 bits per heavy atom. The Morgan fingerprint density at radius 1 is 1.14 bits per heavy atom. The van der Waals surface area contributed by atoms with Crippen molar-refractivity contribution in [1.82, 2.24) is 20.4 Å². The summed E-state index contributed by atoms with van der Waals surface area (Å²) in [7, 11) is 0. The van der Waals surface area contributed by atoms with Gasteiger partial charge in [-0.25, -0.2) is 0 Å². The Balaban J connectivity index is 1.48. The van der Waals surface area contributed by atoms with Gasteiger partial charge in [-0.15, -0.1) is 0 Å². The van der Waals surface area contributed by atoms with E-state index in [2.05, 4.69) is 71.5 Å². The zero-order valence-corrected chi connectivity index (χ0v) is 18.0. The molecule has 0 spiro atoms. The highest BCUT2D eigenvalue weighted by molar-refractivity contribution is 5.80. The lowest BCUT2D eigenvalue weighted by Gasteiger charge is -2.38. The van der Waals surface area contributed by atoms with Crippen molar-refractivity contribution in [2.75, 3.05) is 39.3 Å². The fraction of sp³-hybridized carbons (Fsp3) is 0.696. The Bertz CT molecular complexity index is 602. The van der Waals surface area contributed by atoms with E-state index in [9.17, 15) is 0 Å². The first-order valence-electron chi connectivity index (χ1n) is 11.2. The van der Waals surface area contributed by atoms with Crippen LogP contribution in [0.5, 0.6) is 0 Å². The summed E-state index contributed by atoms with van der Waals surface area (Å²) < 4.78 is 0. The minimum atomic E-state index is 0.510. The fourth-order valence-corrected chi connectivity index (χ4v) is 4.49. The first kappa shape index (κ1) is 21.1. The van der Waals surface area contributed by atoms with Crippen LogP contribution in [0.3, 0.4) is 0 Å². The molecule has 1 aromatic rings. The van der Waals surface area contributed by atoms with Crippen LogP contribution in [0.25, 0.3) is 0 Å². The van der Waals surface area contributed by atoms with E-state index in [1.54, 1.807) is 0 Å². The maximum atomic E-state index is 4.92. The quantitative estimate of drug-likeness (QED) is 0.559. The van der Waals surface area contributed by atoms with E-state index in [-0.39, 0.29) is 0 Å². The second-order valence-corrected chi connectivity index (χ2v) is 8.44. The summed E-state index contributed by atoms with van der Waals surface area (Å²) in [4.78, 5) is 10.1. The first-order valence-corrected chi connectivity index (χ1v) is 11.2. The molecular formula is C23H39N5. The lowest BCUT2D eigenvalue weighted by Crippen LogP contribution is -2.51. The fourth-order valence-electron chi connectivity index (χ4n) is 4.49. The molecule has 2 heterocycles. The topological polar surface area (TPSA) is 42.9 Å². The van der Waals surface area contributed by atoms with Gasteiger partial charge in [0.15, 0.2) is 5.96 Å². The predicted molar refractivity (Wildman–Crippen MR) is 119 cm³/mol. The molecule has 0 amide bonds. The highest BCUT2D eigenvalue weighted by Crippen LogP contribution is 2.20. The average molecular weight is 386 g/mol. The summed E-state index contributed by atoms with van der Waals surface area (Å²) in [6.45, 7) is 14.4. The molecule has 0 saturated carbocycles. The van der Waals surface area contributed by atoms with Crippen molar-refractivity contribution in [3.8, 4) is 0 Å². The maximum Gasteiger partial charge on any atom is 0.191 e. The lowest BCUT2D eigenvalue weighted by molar-refractivity contribution is 0.134. The number of piperidine rings is 1. The third-order valence-corrected chi connectivity index (χ3v) is 6.25. The molecule has 2 fully saturated rings. The third-order valence-electron chi connectivity index (χ3n) is 6.25. The van der Waals surface area contributed by atoms with Crippen molar-refractivity contribution in [2.24, 2.45) is 10.9 Å². The van der Waals surface area contributed by atoms with Crippen LogP contribution in [-0.4, -0.2) is 67.1 Å². The van der Waals surface area contributed by atoms with Crippen molar-refractivity contribution in [2.45, 2.75) is 58.7 Å². The number of rotatable bonds is 7. The summed E-state index contributed by atoms with van der Waals surface area (Å²) >= 11 is 0. The smallest absolute Gasteiger partial charge is 0.191 e. The van der Waals surface area contributed by atoms with Crippen molar-refractivity contribution >= 4 is 5.96 Å². The van der Waals surface area contributed by atoms with Gasteiger partial charge in [-0.05, 0) is 57.7 Å². The molecule has 156 valence electrons. The average Bonchev–Trinajstić information content (AvgIpc) is 3.17. The summed E-state index contributed by atoms with van der Waals surface area (Å²) in [6, 6.07) is 11.9. The second kappa shape index (κ2) is 10.8. The van der Waals surface area contributed by atoms with Crippen LogP contribution in [0.4, 0.5) is 0 Å². The number of nitrogens with one attached hydrogen (secondary N) is 2. The van der Waals surface area contributed by atoms with Crippen molar-refractivity contribution in [3.05, 3.63) is 35.9 Å². The Labute approximate surface area is 171 Å². The molecule has 28 heavy (non-hydrogen) atoms. The summed E-state index contributed by atoms with van der Waals surface area (Å²) in [5, 5.41) is 7.18. The van der Waals surface area contributed by atoms with Crippen molar-refractivity contribution in [3.63, 3.8) is 0 Å². The number of hydrogen-bond acceptors (Lipinski definition) is 3. The van der Waals surface area contributed by atoms with Crippen LogP contribution in [0, 0.1) is 5.92 Å². The monoisotopic (exact) mass is 385 g/mol. The SMILES string of the molecule is CCNC(=NCC1CCN(CC)C1)NC1CCN(Cc2ccccc2)C(C)C1. The minimum absolute atomic E-state index is 0.510. The molecule has 2 aliphatic heterocycles. The molecule has 0 radical (unpaired) electrons. The van der Waals surface area contributed by atoms with Crippen LogP contribution in [-0.2, 0) is 6.54 Å². The zero-order chi connectivity index (χ0) is 19.8. The van der Waals surface area contributed by atoms with Gasteiger partial charge in [-0.3, -0.25) is 9.89 Å². The molecule has 3 atom stereocenters. The van der Waals surface area contributed by atoms with Gasteiger partial charge in [0.25, 0.3) is 0 Å². The van der Waals surface area contributed by atoms with Gasteiger partial charge in [0.05, 0.1) is 0 Å². The van der Waals surface area contributed by atoms with E-state index in [1.165, 1.54) is 37.9 Å².